The van der Waals surface area contributed by atoms with Crippen molar-refractivity contribution in [3.63, 3.8) is 0 Å². The van der Waals surface area contributed by atoms with Gasteiger partial charge in [-0.05, 0) is 49.9 Å². The summed E-state index contributed by atoms with van der Waals surface area (Å²) in [5.74, 6) is 0.964. The number of rotatable bonds is 6. The first kappa shape index (κ1) is 18.5. The first-order valence-electron chi connectivity index (χ1n) is 7.42. The fourth-order valence-electron chi connectivity index (χ4n) is 2.69. The van der Waals surface area contributed by atoms with E-state index in [1.165, 1.54) is 18.9 Å². The highest BCUT2D eigenvalue weighted by Crippen LogP contribution is 2.22. The van der Waals surface area contributed by atoms with Crippen LogP contribution >= 0.6 is 12.4 Å². The van der Waals surface area contributed by atoms with Gasteiger partial charge >= 0.3 is 0 Å². The molecule has 0 saturated carbocycles. The van der Waals surface area contributed by atoms with Crippen molar-refractivity contribution < 1.29 is 14.0 Å². The van der Waals surface area contributed by atoms with Crippen LogP contribution in [0.2, 0.25) is 0 Å². The average molecular weight is 330 g/mol. The Morgan fingerprint density at radius 2 is 2.27 bits per heavy atom. The van der Waals surface area contributed by atoms with Crippen molar-refractivity contribution in [3.05, 3.63) is 23.7 Å². The second kappa shape index (κ2) is 8.80. The monoisotopic (exact) mass is 329 g/mol. The molecule has 1 aromatic rings. The number of nitrogens with two attached hydrogens (primary N) is 1. The van der Waals surface area contributed by atoms with Crippen LogP contribution in [0.5, 0.6) is 0 Å². The van der Waals surface area contributed by atoms with Gasteiger partial charge in [-0.3, -0.25) is 9.59 Å². The van der Waals surface area contributed by atoms with E-state index in [1.807, 2.05) is 0 Å². The highest BCUT2D eigenvalue weighted by molar-refractivity contribution is 5.89. The topological polar surface area (TPSA) is 97.4 Å². The lowest BCUT2D eigenvalue weighted by molar-refractivity contribution is -0.122. The van der Waals surface area contributed by atoms with E-state index in [2.05, 4.69) is 17.6 Å². The summed E-state index contributed by atoms with van der Waals surface area (Å²) >= 11 is 0. The molecule has 0 radical (unpaired) electrons. The summed E-state index contributed by atoms with van der Waals surface area (Å²) in [4.78, 5) is 22.9. The summed E-state index contributed by atoms with van der Waals surface area (Å²) < 4.78 is 5.22. The summed E-state index contributed by atoms with van der Waals surface area (Å²) in [6.07, 6.45) is 2.87. The molecule has 2 unspecified atom stereocenters. The molecular formula is C15H24ClN3O3. The number of primary amides is 1. The average Bonchev–Trinajstić information content (AvgIpc) is 2.95. The van der Waals surface area contributed by atoms with Crippen molar-refractivity contribution >= 4 is 24.2 Å². The van der Waals surface area contributed by atoms with E-state index in [1.54, 1.807) is 6.07 Å². The van der Waals surface area contributed by atoms with Crippen LogP contribution in [0, 0.1) is 11.8 Å². The van der Waals surface area contributed by atoms with Crippen molar-refractivity contribution in [2.45, 2.75) is 32.7 Å². The molecule has 2 amide bonds. The van der Waals surface area contributed by atoms with Crippen LogP contribution in [-0.2, 0) is 11.3 Å². The van der Waals surface area contributed by atoms with E-state index < -0.39 is 5.91 Å². The van der Waals surface area contributed by atoms with Crippen LogP contribution in [0.3, 0.4) is 0 Å². The molecule has 2 atom stereocenters. The predicted molar refractivity (Wildman–Crippen MR) is 85.7 cm³/mol. The highest BCUT2D eigenvalue weighted by Gasteiger charge is 2.22. The maximum atomic E-state index is 11.9. The molecule has 0 bridgehead atoms. The van der Waals surface area contributed by atoms with Gasteiger partial charge in [0.1, 0.15) is 5.76 Å². The number of hydrogen-bond donors (Lipinski definition) is 3. The molecule has 0 spiro atoms. The Balaban J connectivity index is 0.00000242. The molecule has 1 aliphatic rings. The zero-order chi connectivity index (χ0) is 15.2. The summed E-state index contributed by atoms with van der Waals surface area (Å²) in [6.45, 7) is 4.47. The van der Waals surface area contributed by atoms with Gasteiger partial charge in [0.25, 0.3) is 5.91 Å². The standard InChI is InChI=1S/C15H23N3O3.ClH/c1-10(11-3-2-6-17-8-11)7-14(19)18-9-12-4-5-13(21-12)15(16)20;/h4-5,10-11,17H,2-3,6-9H2,1H3,(H2,16,20)(H,18,19);1H. The third-order valence-corrected chi connectivity index (χ3v) is 4.01. The number of hydrogen-bond acceptors (Lipinski definition) is 4. The quantitative estimate of drug-likeness (QED) is 0.735. The van der Waals surface area contributed by atoms with E-state index in [0.717, 1.165) is 13.1 Å². The number of nitrogens with one attached hydrogen (secondary N) is 2. The van der Waals surface area contributed by atoms with Crippen LogP contribution in [-0.4, -0.2) is 24.9 Å². The molecule has 1 aliphatic heterocycles. The molecule has 6 nitrogen and oxygen atoms in total. The lowest BCUT2D eigenvalue weighted by atomic mass is 9.85. The van der Waals surface area contributed by atoms with E-state index in [-0.39, 0.29) is 30.6 Å². The van der Waals surface area contributed by atoms with E-state index in [0.29, 0.717) is 24.0 Å². The Morgan fingerprint density at radius 1 is 1.50 bits per heavy atom. The maximum Gasteiger partial charge on any atom is 0.284 e. The lowest BCUT2D eigenvalue weighted by Gasteiger charge is -2.27. The normalized spacial score (nSPS) is 19.0. The maximum absolute atomic E-state index is 11.9. The SMILES string of the molecule is CC(CC(=O)NCc1ccc(C(N)=O)o1)C1CCCNC1.Cl. The summed E-state index contributed by atoms with van der Waals surface area (Å²) in [6, 6.07) is 3.16. The zero-order valence-electron chi connectivity index (χ0n) is 12.8. The van der Waals surface area contributed by atoms with E-state index in [9.17, 15) is 9.59 Å². The Bertz CT molecular complexity index is 498. The minimum atomic E-state index is -0.606. The van der Waals surface area contributed by atoms with Gasteiger partial charge in [0.05, 0.1) is 6.54 Å². The first-order chi connectivity index (χ1) is 10.1. The molecule has 0 aliphatic carbocycles. The summed E-state index contributed by atoms with van der Waals surface area (Å²) in [7, 11) is 0. The number of halogens is 1. The van der Waals surface area contributed by atoms with Gasteiger partial charge in [-0.2, -0.15) is 0 Å². The number of carbonyl (C=O) groups is 2. The molecule has 7 heteroatoms. The highest BCUT2D eigenvalue weighted by atomic mass is 35.5. The Hall–Kier alpha value is -1.53. The fourth-order valence-corrected chi connectivity index (χ4v) is 2.69. The molecular weight excluding hydrogens is 306 g/mol. The third kappa shape index (κ3) is 5.35. The Kier molecular flexibility index (Phi) is 7.41. The minimum absolute atomic E-state index is 0. The summed E-state index contributed by atoms with van der Waals surface area (Å²) in [5.41, 5.74) is 5.11. The Labute approximate surface area is 136 Å². The first-order valence-corrected chi connectivity index (χ1v) is 7.42. The van der Waals surface area contributed by atoms with Gasteiger partial charge in [-0.25, -0.2) is 0 Å². The van der Waals surface area contributed by atoms with Gasteiger partial charge in [-0.15, -0.1) is 12.4 Å². The van der Waals surface area contributed by atoms with Gasteiger partial charge in [0.2, 0.25) is 5.91 Å². The van der Waals surface area contributed by atoms with Crippen LogP contribution in [0.4, 0.5) is 0 Å². The van der Waals surface area contributed by atoms with Crippen molar-refractivity contribution in [1.29, 1.82) is 0 Å². The second-order valence-electron chi connectivity index (χ2n) is 5.69. The zero-order valence-corrected chi connectivity index (χ0v) is 13.6. The smallest absolute Gasteiger partial charge is 0.284 e. The number of amides is 2. The molecule has 2 rings (SSSR count). The number of furan rings is 1. The van der Waals surface area contributed by atoms with Crippen LogP contribution < -0.4 is 16.4 Å². The minimum Gasteiger partial charge on any atom is -0.454 e. The van der Waals surface area contributed by atoms with Crippen molar-refractivity contribution in [2.24, 2.45) is 17.6 Å². The molecule has 1 aromatic heterocycles. The fraction of sp³-hybridized carbons (Fsp3) is 0.600. The third-order valence-electron chi connectivity index (χ3n) is 4.01. The molecule has 4 N–H and O–H groups in total. The van der Waals surface area contributed by atoms with Crippen LogP contribution in [0.15, 0.2) is 16.5 Å². The number of carbonyl (C=O) groups excluding carboxylic acids is 2. The van der Waals surface area contributed by atoms with Crippen LogP contribution in [0.25, 0.3) is 0 Å². The molecule has 124 valence electrons. The van der Waals surface area contributed by atoms with Gasteiger partial charge in [0, 0.05) is 6.42 Å². The predicted octanol–water partition coefficient (Wildman–Crippen LogP) is 1.44. The van der Waals surface area contributed by atoms with E-state index >= 15 is 0 Å². The molecule has 2 heterocycles. The van der Waals surface area contributed by atoms with Gasteiger partial charge < -0.3 is 20.8 Å². The van der Waals surface area contributed by atoms with Crippen molar-refractivity contribution in [3.8, 4) is 0 Å². The lowest BCUT2D eigenvalue weighted by Crippen LogP contribution is -2.35. The Morgan fingerprint density at radius 3 is 2.86 bits per heavy atom. The molecule has 1 fully saturated rings. The number of piperidine rings is 1. The van der Waals surface area contributed by atoms with Crippen molar-refractivity contribution in [2.75, 3.05) is 13.1 Å². The molecule has 0 aromatic carbocycles. The van der Waals surface area contributed by atoms with Crippen molar-refractivity contribution in [1.82, 2.24) is 10.6 Å². The summed E-state index contributed by atoms with van der Waals surface area (Å²) in [5, 5.41) is 6.19. The van der Waals surface area contributed by atoms with E-state index in [4.69, 9.17) is 10.2 Å². The molecule has 1 saturated heterocycles. The van der Waals surface area contributed by atoms with Crippen LogP contribution in [0.1, 0.15) is 42.5 Å². The second-order valence-corrected chi connectivity index (χ2v) is 5.69. The molecule has 22 heavy (non-hydrogen) atoms. The largest absolute Gasteiger partial charge is 0.454 e. The van der Waals surface area contributed by atoms with Gasteiger partial charge in [0.15, 0.2) is 5.76 Å². The van der Waals surface area contributed by atoms with Gasteiger partial charge in [-0.1, -0.05) is 6.92 Å².